The summed E-state index contributed by atoms with van der Waals surface area (Å²) in [6.45, 7) is 1.99. The molecule has 7 heteroatoms. The van der Waals surface area contributed by atoms with Gasteiger partial charge in [0, 0.05) is 5.56 Å². The minimum absolute atomic E-state index is 0.251. The van der Waals surface area contributed by atoms with Gasteiger partial charge in [-0.3, -0.25) is 0 Å². The zero-order chi connectivity index (χ0) is 17.7. The molecule has 2 aromatic carbocycles. The van der Waals surface area contributed by atoms with Crippen molar-refractivity contribution in [2.45, 2.75) is 13.0 Å². The molecule has 1 unspecified atom stereocenters. The first-order valence-electron chi connectivity index (χ1n) is 7.18. The first-order chi connectivity index (χ1) is 11.5. The van der Waals surface area contributed by atoms with Crippen molar-refractivity contribution in [1.82, 2.24) is 0 Å². The Morgan fingerprint density at radius 1 is 1.12 bits per heavy atom. The maximum Gasteiger partial charge on any atom is 0.333 e. The van der Waals surface area contributed by atoms with Gasteiger partial charge in [-0.2, -0.15) is 0 Å². The van der Waals surface area contributed by atoms with Crippen LogP contribution in [0.3, 0.4) is 0 Å². The number of carbonyl (C=O) groups excluding carboxylic acids is 1. The fourth-order valence-corrected chi connectivity index (χ4v) is 2.78. The summed E-state index contributed by atoms with van der Waals surface area (Å²) in [5.41, 5.74) is 1.09. The van der Waals surface area contributed by atoms with Crippen LogP contribution >= 0.6 is 34.8 Å². The number of rotatable bonds is 6. The first kappa shape index (κ1) is 18.7. The highest BCUT2D eigenvalue weighted by Gasteiger charge is 2.26. The van der Waals surface area contributed by atoms with Crippen LogP contribution in [-0.4, -0.2) is 19.7 Å². The van der Waals surface area contributed by atoms with Gasteiger partial charge in [0.25, 0.3) is 0 Å². The maximum atomic E-state index is 12.4. The Morgan fingerprint density at radius 3 is 2.46 bits per heavy atom. The van der Waals surface area contributed by atoms with Crippen molar-refractivity contribution in [3.05, 3.63) is 57.0 Å². The van der Waals surface area contributed by atoms with Gasteiger partial charge in [0.15, 0.2) is 6.04 Å². The summed E-state index contributed by atoms with van der Waals surface area (Å²) in [5, 5.41) is 4.06. The number of nitrogens with one attached hydrogen (secondary N) is 1. The minimum Gasteiger partial charge on any atom is -0.496 e. The van der Waals surface area contributed by atoms with Crippen LogP contribution in [0.4, 0.5) is 5.69 Å². The van der Waals surface area contributed by atoms with Crippen LogP contribution in [0.2, 0.25) is 15.1 Å². The van der Waals surface area contributed by atoms with Gasteiger partial charge in [-0.15, -0.1) is 0 Å². The van der Waals surface area contributed by atoms with E-state index < -0.39 is 12.0 Å². The molecule has 2 aromatic rings. The zero-order valence-corrected chi connectivity index (χ0v) is 15.4. The average molecular weight is 389 g/mol. The summed E-state index contributed by atoms with van der Waals surface area (Å²) < 4.78 is 10.5. The van der Waals surface area contributed by atoms with Crippen molar-refractivity contribution in [3.63, 3.8) is 0 Å². The number of para-hydroxylation sites is 1. The van der Waals surface area contributed by atoms with Gasteiger partial charge in [0.2, 0.25) is 0 Å². The Kier molecular flexibility index (Phi) is 6.60. The Labute approximate surface area is 155 Å². The molecule has 0 aliphatic heterocycles. The largest absolute Gasteiger partial charge is 0.496 e. The van der Waals surface area contributed by atoms with E-state index in [2.05, 4.69) is 5.32 Å². The highest BCUT2D eigenvalue weighted by molar-refractivity contribution is 6.44. The molecule has 4 nitrogen and oxygen atoms in total. The van der Waals surface area contributed by atoms with Crippen molar-refractivity contribution in [2.75, 3.05) is 19.0 Å². The third-order valence-electron chi connectivity index (χ3n) is 3.28. The van der Waals surface area contributed by atoms with Crippen molar-refractivity contribution < 1.29 is 14.3 Å². The molecule has 0 aliphatic rings. The van der Waals surface area contributed by atoms with E-state index in [0.29, 0.717) is 32.1 Å². The summed E-state index contributed by atoms with van der Waals surface area (Å²) in [4.78, 5) is 12.4. The van der Waals surface area contributed by atoms with Gasteiger partial charge in [0.1, 0.15) is 5.75 Å². The lowest BCUT2D eigenvalue weighted by molar-refractivity contribution is -0.144. The fourth-order valence-electron chi connectivity index (χ4n) is 2.18. The van der Waals surface area contributed by atoms with Gasteiger partial charge in [-0.05, 0) is 25.1 Å². The number of hydrogen-bond acceptors (Lipinski definition) is 4. The standard InChI is InChI=1S/C17H16Cl3NO3/c1-3-24-17(22)16(10-6-4-5-7-15(10)23-2)21-14-9-12(19)11(18)8-13(14)20/h4-9,16,21H,3H2,1-2H3. The molecule has 2 rings (SSSR count). The van der Waals surface area contributed by atoms with Gasteiger partial charge in [0.05, 0.1) is 34.5 Å². The van der Waals surface area contributed by atoms with E-state index in [0.717, 1.165) is 0 Å². The Morgan fingerprint density at radius 2 is 1.79 bits per heavy atom. The van der Waals surface area contributed by atoms with E-state index in [-0.39, 0.29) is 6.61 Å². The zero-order valence-electron chi connectivity index (χ0n) is 13.1. The maximum absolute atomic E-state index is 12.4. The molecule has 0 saturated carbocycles. The Balaban J connectivity index is 2.44. The van der Waals surface area contributed by atoms with E-state index >= 15 is 0 Å². The SMILES string of the molecule is CCOC(=O)C(Nc1cc(Cl)c(Cl)cc1Cl)c1ccccc1OC. The van der Waals surface area contributed by atoms with Crippen molar-refractivity contribution >= 4 is 46.5 Å². The topological polar surface area (TPSA) is 47.6 Å². The van der Waals surface area contributed by atoms with E-state index in [1.165, 1.54) is 13.2 Å². The normalized spacial score (nSPS) is 11.7. The molecule has 1 atom stereocenters. The van der Waals surface area contributed by atoms with Crippen LogP contribution in [0.1, 0.15) is 18.5 Å². The highest BCUT2D eigenvalue weighted by Crippen LogP contribution is 2.36. The minimum atomic E-state index is -0.809. The third kappa shape index (κ3) is 4.26. The van der Waals surface area contributed by atoms with Crippen molar-refractivity contribution in [3.8, 4) is 5.75 Å². The molecule has 0 aliphatic carbocycles. The number of halogens is 3. The molecule has 1 N–H and O–H groups in total. The summed E-state index contributed by atoms with van der Waals surface area (Å²) in [7, 11) is 1.53. The smallest absolute Gasteiger partial charge is 0.333 e. The molecule has 0 saturated heterocycles. The number of methoxy groups -OCH3 is 1. The molecular weight excluding hydrogens is 373 g/mol. The number of carbonyl (C=O) groups is 1. The molecular formula is C17H16Cl3NO3. The number of anilines is 1. The van der Waals surface area contributed by atoms with Crippen LogP contribution in [-0.2, 0) is 9.53 Å². The fraction of sp³-hybridized carbons (Fsp3) is 0.235. The summed E-state index contributed by atoms with van der Waals surface area (Å²) >= 11 is 18.2. The molecule has 0 bridgehead atoms. The van der Waals surface area contributed by atoms with Gasteiger partial charge >= 0.3 is 5.97 Å². The molecule has 0 amide bonds. The second kappa shape index (κ2) is 8.47. The van der Waals surface area contributed by atoms with Crippen molar-refractivity contribution in [2.24, 2.45) is 0 Å². The number of benzene rings is 2. The average Bonchev–Trinajstić information content (AvgIpc) is 2.57. The lowest BCUT2D eigenvalue weighted by atomic mass is 10.1. The van der Waals surface area contributed by atoms with Gasteiger partial charge in [-0.25, -0.2) is 4.79 Å². The number of hydrogen-bond donors (Lipinski definition) is 1. The van der Waals surface area contributed by atoms with Crippen LogP contribution in [0.15, 0.2) is 36.4 Å². The number of esters is 1. The Hall–Kier alpha value is -1.62. The third-order valence-corrected chi connectivity index (χ3v) is 4.32. The second-order valence-corrected chi connectivity index (χ2v) is 6.04. The van der Waals surface area contributed by atoms with Gasteiger partial charge < -0.3 is 14.8 Å². The van der Waals surface area contributed by atoms with E-state index in [1.807, 2.05) is 12.1 Å². The molecule has 0 aromatic heterocycles. The molecule has 0 spiro atoms. The van der Waals surface area contributed by atoms with Crippen LogP contribution in [0.5, 0.6) is 5.75 Å². The quantitative estimate of drug-likeness (QED) is 0.534. The van der Waals surface area contributed by atoms with E-state index in [1.54, 1.807) is 25.1 Å². The van der Waals surface area contributed by atoms with Crippen LogP contribution in [0.25, 0.3) is 0 Å². The Bertz CT molecular complexity index is 737. The predicted molar refractivity (Wildman–Crippen MR) is 97.5 cm³/mol. The highest BCUT2D eigenvalue weighted by atomic mass is 35.5. The second-order valence-electron chi connectivity index (χ2n) is 4.82. The molecule has 0 heterocycles. The van der Waals surface area contributed by atoms with Gasteiger partial charge in [-0.1, -0.05) is 53.0 Å². The monoisotopic (exact) mass is 387 g/mol. The predicted octanol–water partition coefficient (Wildman–Crippen LogP) is 5.37. The van der Waals surface area contributed by atoms with Crippen LogP contribution in [0, 0.1) is 0 Å². The summed E-state index contributed by atoms with van der Waals surface area (Å²) in [5.74, 6) is 0.100. The first-order valence-corrected chi connectivity index (χ1v) is 8.32. The van der Waals surface area contributed by atoms with Crippen molar-refractivity contribution in [1.29, 1.82) is 0 Å². The number of ether oxygens (including phenoxy) is 2. The summed E-state index contributed by atoms with van der Waals surface area (Å²) in [6, 6.07) is 9.43. The van der Waals surface area contributed by atoms with E-state index in [9.17, 15) is 4.79 Å². The van der Waals surface area contributed by atoms with E-state index in [4.69, 9.17) is 44.3 Å². The lowest BCUT2D eigenvalue weighted by Gasteiger charge is -2.21. The molecule has 0 fully saturated rings. The molecule has 24 heavy (non-hydrogen) atoms. The van der Waals surface area contributed by atoms with Crippen LogP contribution < -0.4 is 10.1 Å². The lowest BCUT2D eigenvalue weighted by Crippen LogP contribution is -2.24. The summed E-state index contributed by atoms with van der Waals surface area (Å²) in [6.07, 6.45) is 0. The molecule has 128 valence electrons. The molecule has 0 radical (unpaired) electrons.